The van der Waals surface area contributed by atoms with E-state index in [0.29, 0.717) is 38.0 Å². The van der Waals surface area contributed by atoms with Gasteiger partial charge < -0.3 is 19.8 Å². The third-order valence-corrected chi connectivity index (χ3v) is 9.00. The summed E-state index contributed by atoms with van der Waals surface area (Å²) in [7, 11) is 0. The van der Waals surface area contributed by atoms with Gasteiger partial charge in [-0.2, -0.15) is 23.5 Å². The lowest BCUT2D eigenvalue weighted by Gasteiger charge is -2.52. The van der Waals surface area contributed by atoms with Crippen molar-refractivity contribution in [2.45, 2.75) is 68.6 Å². The molecule has 0 bridgehead atoms. The number of nitrogens with zero attached hydrogens (tertiary/aromatic N) is 7. The average Bonchev–Trinajstić information content (AvgIpc) is 3.64. The van der Waals surface area contributed by atoms with E-state index in [9.17, 15) is 18.4 Å². The summed E-state index contributed by atoms with van der Waals surface area (Å²) in [5, 5.41) is 18.4. The first-order chi connectivity index (χ1) is 21.3. The monoisotopic (exact) mass is 607 g/mol. The summed E-state index contributed by atoms with van der Waals surface area (Å²) in [6.07, 6.45) is 5.60. The average molecular weight is 608 g/mol. The molecule has 0 aromatic carbocycles. The molecular formula is C30H32F3N9O2. The number of nitriles is 1. The molecule has 4 aromatic rings. The highest BCUT2D eigenvalue weighted by molar-refractivity contribution is 5.90. The standard InChI is InChI=1S/C30H32F3N9O2/c31-30(32,33)25-9-19(13-36-21-16-43-17-21)10-26(40-25)44-23-2-7-41(8-3-23)22-11-29(12-22,4-5-34)42-15-20(14-39-42)27-24-1-6-35-28(24)38-18-37-27/h1,6,9-10,14-15,18,21-23,36H,2-4,7-8,11-13,16-17H2,(H,35,37,38)/t22-,29+. The maximum absolute atomic E-state index is 13.6. The van der Waals surface area contributed by atoms with E-state index in [4.69, 9.17) is 9.47 Å². The van der Waals surface area contributed by atoms with Gasteiger partial charge in [0.2, 0.25) is 5.88 Å². The van der Waals surface area contributed by atoms with Gasteiger partial charge in [-0.05, 0) is 43.4 Å². The normalized spacial score (nSPS) is 23.3. The topological polar surface area (TPSA) is 130 Å². The maximum atomic E-state index is 13.6. The molecule has 0 amide bonds. The molecule has 2 aliphatic heterocycles. The Morgan fingerprint density at radius 1 is 1.18 bits per heavy atom. The van der Waals surface area contributed by atoms with Crippen molar-refractivity contribution < 1.29 is 22.6 Å². The Labute approximate surface area is 251 Å². The minimum absolute atomic E-state index is 0.00621. The number of aromatic amines is 1. The lowest BCUT2D eigenvalue weighted by Crippen LogP contribution is -2.58. The van der Waals surface area contributed by atoms with Gasteiger partial charge in [-0.15, -0.1) is 0 Å². The highest BCUT2D eigenvalue weighted by atomic mass is 19.4. The van der Waals surface area contributed by atoms with Crippen LogP contribution in [0.15, 0.2) is 43.1 Å². The Kier molecular flexibility index (Phi) is 7.47. The van der Waals surface area contributed by atoms with Crippen LogP contribution in [-0.2, 0) is 23.0 Å². The van der Waals surface area contributed by atoms with Crippen LogP contribution in [0, 0.1) is 11.3 Å². The zero-order chi connectivity index (χ0) is 30.3. The number of fused-ring (bicyclic) bond motifs is 1. The predicted molar refractivity (Wildman–Crippen MR) is 152 cm³/mol. The largest absolute Gasteiger partial charge is 0.474 e. The molecule has 3 aliphatic rings. The molecule has 0 unspecified atom stereocenters. The fourth-order valence-electron chi connectivity index (χ4n) is 6.45. The van der Waals surface area contributed by atoms with E-state index >= 15 is 0 Å². The first-order valence-electron chi connectivity index (χ1n) is 14.8. The number of nitrogens with one attached hydrogen (secondary N) is 2. The molecule has 3 fully saturated rings. The van der Waals surface area contributed by atoms with Crippen LogP contribution in [0.5, 0.6) is 5.88 Å². The number of piperidine rings is 1. The molecular weight excluding hydrogens is 575 g/mol. The first-order valence-corrected chi connectivity index (χ1v) is 14.8. The van der Waals surface area contributed by atoms with Crippen LogP contribution in [0.1, 0.15) is 43.4 Å². The summed E-state index contributed by atoms with van der Waals surface area (Å²) < 4.78 is 53.8. The number of rotatable bonds is 9. The summed E-state index contributed by atoms with van der Waals surface area (Å²) >= 11 is 0. The van der Waals surface area contributed by atoms with Crippen molar-refractivity contribution >= 4 is 11.0 Å². The van der Waals surface area contributed by atoms with Gasteiger partial charge in [0, 0.05) is 55.1 Å². The Bertz CT molecular complexity index is 1660. The number of aromatic nitrogens is 6. The Morgan fingerprint density at radius 3 is 2.73 bits per heavy atom. The molecule has 2 N–H and O–H groups in total. The van der Waals surface area contributed by atoms with Crippen molar-refractivity contribution in [3.05, 3.63) is 54.4 Å². The molecule has 44 heavy (non-hydrogen) atoms. The lowest BCUT2D eigenvalue weighted by atomic mass is 9.69. The predicted octanol–water partition coefficient (Wildman–Crippen LogP) is 4.04. The number of pyridine rings is 1. The van der Waals surface area contributed by atoms with Gasteiger partial charge in [0.05, 0.1) is 49.2 Å². The van der Waals surface area contributed by atoms with Crippen LogP contribution in [-0.4, -0.2) is 79.1 Å². The molecule has 0 atom stereocenters. The number of alkyl halides is 3. The van der Waals surface area contributed by atoms with Gasteiger partial charge in [-0.25, -0.2) is 15.0 Å². The summed E-state index contributed by atoms with van der Waals surface area (Å²) in [6.45, 7) is 2.91. The van der Waals surface area contributed by atoms with Gasteiger partial charge in [0.25, 0.3) is 0 Å². The molecule has 2 saturated heterocycles. The van der Waals surface area contributed by atoms with Crippen molar-refractivity contribution in [3.8, 4) is 23.2 Å². The van der Waals surface area contributed by atoms with E-state index < -0.39 is 17.4 Å². The van der Waals surface area contributed by atoms with Crippen molar-refractivity contribution in [1.29, 1.82) is 5.26 Å². The summed E-state index contributed by atoms with van der Waals surface area (Å²) in [5.74, 6) is 0.00621. The SMILES string of the molecule is N#CC[C@]1(n2cc(-c3ncnc4[nH]ccc34)cn2)C[C@@H](N2CCC(Oc3cc(CNC4COC4)cc(C(F)(F)F)n3)CC2)C1. The number of likely N-dealkylation sites (tertiary alicyclic amines) is 1. The van der Waals surface area contributed by atoms with Crippen LogP contribution >= 0.6 is 0 Å². The highest BCUT2D eigenvalue weighted by Crippen LogP contribution is 2.45. The molecule has 0 spiro atoms. The van der Waals surface area contributed by atoms with E-state index in [-0.39, 0.29) is 30.6 Å². The number of H-pyrrole nitrogens is 1. The Morgan fingerprint density at radius 2 is 2.00 bits per heavy atom. The van der Waals surface area contributed by atoms with Crippen LogP contribution in [0.4, 0.5) is 13.2 Å². The van der Waals surface area contributed by atoms with Crippen molar-refractivity contribution in [1.82, 2.24) is 39.9 Å². The fourth-order valence-corrected chi connectivity index (χ4v) is 6.45. The molecule has 14 heteroatoms. The highest BCUT2D eigenvalue weighted by Gasteiger charge is 2.49. The third kappa shape index (κ3) is 5.62. The lowest BCUT2D eigenvalue weighted by molar-refractivity contribution is -0.141. The first kappa shape index (κ1) is 28.7. The summed E-state index contributed by atoms with van der Waals surface area (Å²) in [4.78, 5) is 18.0. The quantitative estimate of drug-likeness (QED) is 0.290. The zero-order valence-corrected chi connectivity index (χ0v) is 23.9. The third-order valence-electron chi connectivity index (χ3n) is 9.00. The van der Waals surface area contributed by atoms with E-state index in [1.54, 1.807) is 12.3 Å². The van der Waals surface area contributed by atoms with Gasteiger partial charge >= 0.3 is 6.18 Å². The van der Waals surface area contributed by atoms with Crippen LogP contribution in [0.3, 0.4) is 0 Å². The maximum Gasteiger partial charge on any atom is 0.433 e. The van der Waals surface area contributed by atoms with E-state index in [1.807, 2.05) is 23.1 Å². The minimum Gasteiger partial charge on any atom is -0.474 e. The molecule has 230 valence electrons. The van der Waals surface area contributed by atoms with Gasteiger partial charge in [-0.1, -0.05) is 0 Å². The number of hydrogen-bond donors (Lipinski definition) is 2. The minimum atomic E-state index is -4.56. The second-order valence-electron chi connectivity index (χ2n) is 11.9. The van der Waals surface area contributed by atoms with E-state index in [0.717, 1.165) is 54.3 Å². The molecule has 7 rings (SSSR count). The summed E-state index contributed by atoms with van der Waals surface area (Å²) in [6, 6.07) is 7.39. The van der Waals surface area contributed by atoms with Crippen molar-refractivity contribution in [2.24, 2.45) is 0 Å². The Balaban J connectivity index is 0.975. The van der Waals surface area contributed by atoms with Gasteiger partial charge in [0.1, 0.15) is 23.8 Å². The fraction of sp³-hybridized carbons (Fsp3) is 0.500. The molecule has 4 aromatic heterocycles. The smallest absolute Gasteiger partial charge is 0.433 e. The summed E-state index contributed by atoms with van der Waals surface area (Å²) in [5.41, 5.74) is 1.55. The van der Waals surface area contributed by atoms with Gasteiger partial charge in [0.15, 0.2) is 0 Å². The zero-order valence-electron chi connectivity index (χ0n) is 23.9. The van der Waals surface area contributed by atoms with Gasteiger partial charge in [-0.3, -0.25) is 9.58 Å². The van der Waals surface area contributed by atoms with Crippen LogP contribution < -0.4 is 10.1 Å². The van der Waals surface area contributed by atoms with Crippen molar-refractivity contribution in [2.75, 3.05) is 26.3 Å². The van der Waals surface area contributed by atoms with E-state index in [1.165, 1.54) is 6.33 Å². The molecule has 6 heterocycles. The second kappa shape index (κ2) is 11.5. The molecule has 0 radical (unpaired) electrons. The van der Waals surface area contributed by atoms with Crippen LogP contribution in [0.25, 0.3) is 22.3 Å². The Hall–Kier alpha value is -4.06. The number of halogens is 3. The van der Waals surface area contributed by atoms with E-state index in [2.05, 4.69) is 41.3 Å². The van der Waals surface area contributed by atoms with Crippen molar-refractivity contribution in [3.63, 3.8) is 0 Å². The molecule has 11 nitrogen and oxygen atoms in total. The number of ether oxygens (including phenoxy) is 2. The van der Waals surface area contributed by atoms with Crippen LogP contribution in [0.2, 0.25) is 0 Å². The molecule has 1 aliphatic carbocycles. The second-order valence-corrected chi connectivity index (χ2v) is 11.9. The number of hydrogen-bond acceptors (Lipinski definition) is 9. The molecule has 1 saturated carbocycles.